The minimum absolute atomic E-state index is 0.107. The van der Waals surface area contributed by atoms with Crippen molar-refractivity contribution >= 4 is 22.9 Å². The number of carbonyl (C=O) groups excluding carboxylic acids is 2. The lowest BCUT2D eigenvalue weighted by atomic mass is 9.93. The number of carbonyl (C=O) groups is 2. The molecule has 1 aromatic heterocycles. The van der Waals surface area contributed by atoms with Gasteiger partial charge in [0.25, 0.3) is 0 Å². The van der Waals surface area contributed by atoms with E-state index in [1.807, 2.05) is 27.7 Å². The molecule has 1 aliphatic heterocycles. The lowest BCUT2D eigenvalue weighted by Crippen LogP contribution is -2.46. The Morgan fingerprint density at radius 1 is 1.00 bits per heavy atom. The molecular formula is C24H30O7. The van der Waals surface area contributed by atoms with Gasteiger partial charge in [-0.2, -0.15) is 0 Å². The van der Waals surface area contributed by atoms with Crippen LogP contribution >= 0.6 is 0 Å². The number of esters is 2. The second-order valence-corrected chi connectivity index (χ2v) is 9.37. The molecule has 0 N–H and O–H groups in total. The number of fused-ring (bicyclic) bond motifs is 3. The first-order valence-electron chi connectivity index (χ1n) is 10.6. The highest BCUT2D eigenvalue weighted by Crippen LogP contribution is 2.47. The van der Waals surface area contributed by atoms with Crippen molar-refractivity contribution in [3.05, 3.63) is 40.2 Å². The Kier molecular flexibility index (Phi) is 6.43. The van der Waals surface area contributed by atoms with E-state index < -0.39 is 29.4 Å². The smallest absolute Gasteiger partial charge is 0.336 e. The molecule has 0 radical (unpaired) electrons. The van der Waals surface area contributed by atoms with Crippen LogP contribution in [0.1, 0.15) is 66.1 Å². The topological polar surface area (TPSA) is 92.0 Å². The maximum Gasteiger partial charge on any atom is 0.336 e. The van der Waals surface area contributed by atoms with Gasteiger partial charge in [0.05, 0.1) is 5.56 Å². The van der Waals surface area contributed by atoms with Gasteiger partial charge in [-0.3, -0.25) is 9.59 Å². The van der Waals surface area contributed by atoms with Crippen LogP contribution in [0.15, 0.2) is 33.5 Å². The van der Waals surface area contributed by atoms with Gasteiger partial charge in [-0.05, 0) is 43.9 Å². The first-order valence-corrected chi connectivity index (χ1v) is 10.6. The van der Waals surface area contributed by atoms with E-state index in [4.69, 9.17) is 18.6 Å². The minimum Gasteiger partial charge on any atom is -0.481 e. The van der Waals surface area contributed by atoms with Gasteiger partial charge in [0, 0.05) is 24.3 Å². The highest BCUT2D eigenvalue weighted by atomic mass is 16.6. The lowest BCUT2D eigenvalue weighted by molar-refractivity contribution is -0.178. The molecule has 0 saturated carbocycles. The van der Waals surface area contributed by atoms with Crippen molar-refractivity contribution < 1.29 is 28.2 Å². The van der Waals surface area contributed by atoms with Gasteiger partial charge in [-0.25, -0.2) is 4.79 Å². The Balaban J connectivity index is 2.03. The first kappa shape index (κ1) is 22.8. The quantitative estimate of drug-likeness (QED) is 0.470. The number of hydrogen-bond acceptors (Lipinski definition) is 7. The van der Waals surface area contributed by atoms with Crippen LogP contribution in [0.3, 0.4) is 0 Å². The summed E-state index contributed by atoms with van der Waals surface area (Å²) in [5.74, 6) is -0.0793. The van der Waals surface area contributed by atoms with Crippen LogP contribution < -0.4 is 10.4 Å². The summed E-state index contributed by atoms with van der Waals surface area (Å²) in [6, 6.07) is 6.49. The predicted octanol–water partition coefficient (Wildman–Crippen LogP) is 4.55. The van der Waals surface area contributed by atoms with Crippen molar-refractivity contribution in [2.75, 3.05) is 0 Å². The highest BCUT2D eigenvalue weighted by Gasteiger charge is 2.50. The monoisotopic (exact) mass is 430 g/mol. The zero-order valence-electron chi connectivity index (χ0n) is 18.9. The van der Waals surface area contributed by atoms with E-state index in [9.17, 15) is 14.4 Å². The molecular weight excluding hydrogens is 400 g/mol. The third-order valence-corrected chi connectivity index (χ3v) is 5.07. The molecule has 1 aliphatic rings. The van der Waals surface area contributed by atoms with Crippen molar-refractivity contribution in [3.8, 4) is 5.75 Å². The van der Waals surface area contributed by atoms with E-state index in [0.717, 1.165) is 0 Å². The first-order chi connectivity index (χ1) is 14.5. The van der Waals surface area contributed by atoms with Crippen molar-refractivity contribution in [3.63, 3.8) is 0 Å². The summed E-state index contributed by atoms with van der Waals surface area (Å²) in [7, 11) is 0. The average molecular weight is 430 g/mol. The molecule has 0 aliphatic carbocycles. The molecule has 2 heterocycles. The fourth-order valence-corrected chi connectivity index (χ4v) is 3.73. The van der Waals surface area contributed by atoms with Gasteiger partial charge >= 0.3 is 17.6 Å². The van der Waals surface area contributed by atoms with Crippen LogP contribution in [0, 0.1) is 11.8 Å². The Morgan fingerprint density at radius 2 is 1.61 bits per heavy atom. The van der Waals surface area contributed by atoms with Crippen LogP contribution in [0.4, 0.5) is 0 Å². The molecule has 1 aromatic carbocycles. The standard InChI is InChI=1S/C24H30O7/c1-13(2)11-18(26)30-22-20-16(9-7-15-8-10-17(25)29-21(15)20)28-23(22)24(5,6)31-19(27)12-14(3)4/h7-10,13-14,22-23H,11-12H2,1-6H3. The van der Waals surface area contributed by atoms with E-state index >= 15 is 0 Å². The second kappa shape index (κ2) is 8.73. The largest absolute Gasteiger partial charge is 0.481 e. The molecule has 2 unspecified atom stereocenters. The van der Waals surface area contributed by atoms with E-state index in [0.29, 0.717) is 22.3 Å². The Hall–Kier alpha value is -2.83. The van der Waals surface area contributed by atoms with Crippen molar-refractivity contribution in [2.45, 2.75) is 72.2 Å². The zero-order valence-corrected chi connectivity index (χ0v) is 18.9. The van der Waals surface area contributed by atoms with E-state index in [1.165, 1.54) is 6.07 Å². The molecule has 7 nitrogen and oxygen atoms in total. The average Bonchev–Trinajstić information content (AvgIpc) is 2.99. The molecule has 0 saturated heterocycles. The summed E-state index contributed by atoms with van der Waals surface area (Å²) in [5, 5.41) is 0.683. The van der Waals surface area contributed by atoms with Gasteiger partial charge in [0.2, 0.25) is 0 Å². The Bertz CT molecular complexity index is 1030. The molecule has 31 heavy (non-hydrogen) atoms. The van der Waals surface area contributed by atoms with E-state index in [1.54, 1.807) is 32.0 Å². The molecule has 3 rings (SSSR count). The number of hydrogen-bond donors (Lipinski definition) is 0. The normalized spacial score (nSPS) is 18.2. The second-order valence-electron chi connectivity index (χ2n) is 9.37. The third-order valence-electron chi connectivity index (χ3n) is 5.07. The minimum atomic E-state index is -1.10. The number of benzene rings is 1. The van der Waals surface area contributed by atoms with E-state index in [2.05, 4.69) is 0 Å². The zero-order chi connectivity index (χ0) is 22.9. The predicted molar refractivity (Wildman–Crippen MR) is 115 cm³/mol. The molecule has 2 atom stereocenters. The van der Waals surface area contributed by atoms with Gasteiger partial charge in [-0.15, -0.1) is 0 Å². The summed E-state index contributed by atoms with van der Waals surface area (Å²) in [4.78, 5) is 36.9. The summed E-state index contributed by atoms with van der Waals surface area (Å²) in [5.41, 5.74) is -0.835. The molecule has 0 spiro atoms. The Labute approximate surface area is 181 Å². The highest BCUT2D eigenvalue weighted by molar-refractivity contribution is 5.84. The van der Waals surface area contributed by atoms with Crippen molar-refractivity contribution in [1.82, 2.24) is 0 Å². The van der Waals surface area contributed by atoms with Gasteiger partial charge in [0.15, 0.2) is 12.2 Å². The molecule has 2 aromatic rings. The Morgan fingerprint density at radius 3 is 2.26 bits per heavy atom. The van der Waals surface area contributed by atoms with Gasteiger partial charge in [0.1, 0.15) is 16.9 Å². The summed E-state index contributed by atoms with van der Waals surface area (Å²) < 4.78 is 23.2. The molecule has 0 amide bonds. The van der Waals surface area contributed by atoms with Crippen LogP contribution in [-0.2, 0) is 19.1 Å². The summed E-state index contributed by atoms with van der Waals surface area (Å²) in [6.45, 7) is 11.2. The van der Waals surface area contributed by atoms with Crippen LogP contribution in [0.25, 0.3) is 11.0 Å². The fraction of sp³-hybridized carbons (Fsp3) is 0.542. The molecule has 0 fully saturated rings. The third kappa shape index (κ3) is 5.09. The summed E-state index contributed by atoms with van der Waals surface area (Å²) in [6.07, 6.45) is -1.21. The lowest BCUT2D eigenvalue weighted by Gasteiger charge is -2.34. The fourth-order valence-electron chi connectivity index (χ4n) is 3.73. The number of ether oxygens (including phenoxy) is 3. The van der Waals surface area contributed by atoms with Crippen LogP contribution in [0.2, 0.25) is 0 Å². The van der Waals surface area contributed by atoms with Crippen molar-refractivity contribution in [2.24, 2.45) is 11.8 Å². The molecule has 168 valence electrons. The van der Waals surface area contributed by atoms with Crippen LogP contribution in [0.5, 0.6) is 5.75 Å². The van der Waals surface area contributed by atoms with Crippen molar-refractivity contribution in [1.29, 1.82) is 0 Å². The maximum absolute atomic E-state index is 12.6. The maximum atomic E-state index is 12.6. The van der Waals surface area contributed by atoms with E-state index in [-0.39, 0.29) is 30.6 Å². The van der Waals surface area contributed by atoms with Gasteiger partial charge < -0.3 is 18.6 Å². The SMILES string of the molecule is CC(C)CC(=O)OC1c2c(ccc3ccc(=O)oc23)OC1C(C)(C)OC(=O)CC(C)C. The molecule has 0 bridgehead atoms. The van der Waals surface area contributed by atoms with Gasteiger partial charge in [-0.1, -0.05) is 27.7 Å². The molecule has 7 heteroatoms. The van der Waals surface area contributed by atoms with Crippen LogP contribution in [-0.4, -0.2) is 23.6 Å². The summed E-state index contributed by atoms with van der Waals surface area (Å²) >= 11 is 0. The number of rotatable bonds is 7.